The SMILES string of the molecule is COC(=O)c1cc(C(=O)OC)c(NCc2ccccc2C2CC2)cn1. The first-order valence-electron chi connectivity index (χ1n) is 8.12. The maximum atomic E-state index is 12.1. The number of benzene rings is 1. The normalized spacial score (nSPS) is 13.2. The molecule has 1 aliphatic carbocycles. The second kappa shape index (κ2) is 7.34. The maximum absolute atomic E-state index is 12.1. The molecular weight excluding hydrogens is 320 g/mol. The third kappa shape index (κ3) is 3.79. The van der Waals surface area contributed by atoms with Gasteiger partial charge >= 0.3 is 11.9 Å². The monoisotopic (exact) mass is 340 g/mol. The molecule has 0 aliphatic heterocycles. The molecule has 25 heavy (non-hydrogen) atoms. The third-order valence-corrected chi connectivity index (χ3v) is 4.25. The number of carbonyl (C=O) groups excluding carboxylic acids is 2. The van der Waals surface area contributed by atoms with Crippen LogP contribution in [-0.2, 0) is 16.0 Å². The first-order valence-corrected chi connectivity index (χ1v) is 8.12. The predicted octanol–water partition coefficient (Wildman–Crippen LogP) is 3.14. The van der Waals surface area contributed by atoms with Crippen molar-refractivity contribution in [2.24, 2.45) is 0 Å². The van der Waals surface area contributed by atoms with E-state index in [4.69, 9.17) is 4.74 Å². The van der Waals surface area contributed by atoms with Crippen molar-refractivity contribution in [3.05, 3.63) is 58.9 Å². The summed E-state index contributed by atoms with van der Waals surface area (Å²) < 4.78 is 9.46. The molecule has 1 aromatic carbocycles. The fourth-order valence-corrected chi connectivity index (χ4v) is 2.77. The van der Waals surface area contributed by atoms with Gasteiger partial charge in [-0.1, -0.05) is 24.3 Å². The number of anilines is 1. The molecule has 0 unspecified atom stereocenters. The average molecular weight is 340 g/mol. The van der Waals surface area contributed by atoms with E-state index < -0.39 is 11.9 Å². The molecule has 1 heterocycles. The number of hydrogen-bond acceptors (Lipinski definition) is 6. The van der Waals surface area contributed by atoms with E-state index in [1.165, 1.54) is 50.5 Å². The molecule has 0 spiro atoms. The van der Waals surface area contributed by atoms with Crippen LogP contribution in [-0.4, -0.2) is 31.1 Å². The van der Waals surface area contributed by atoms with Gasteiger partial charge < -0.3 is 14.8 Å². The van der Waals surface area contributed by atoms with Gasteiger partial charge in [-0.2, -0.15) is 0 Å². The van der Waals surface area contributed by atoms with Crippen LogP contribution in [0.5, 0.6) is 0 Å². The summed E-state index contributed by atoms with van der Waals surface area (Å²) in [5.41, 5.74) is 3.37. The molecule has 0 radical (unpaired) electrons. The molecule has 1 fully saturated rings. The number of carbonyl (C=O) groups is 2. The van der Waals surface area contributed by atoms with E-state index >= 15 is 0 Å². The number of esters is 2. The number of aromatic nitrogens is 1. The number of ether oxygens (including phenoxy) is 2. The summed E-state index contributed by atoms with van der Waals surface area (Å²) in [5, 5.41) is 3.24. The highest BCUT2D eigenvalue weighted by Crippen LogP contribution is 2.41. The molecule has 6 nitrogen and oxygen atoms in total. The van der Waals surface area contributed by atoms with Gasteiger partial charge in [-0.15, -0.1) is 0 Å². The van der Waals surface area contributed by atoms with Crippen molar-refractivity contribution in [1.29, 1.82) is 0 Å². The molecule has 1 N–H and O–H groups in total. The third-order valence-electron chi connectivity index (χ3n) is 4.25. The molecule has 1 aromatic heterocycles. The molecule has 130 valence electrons. The van der Waals surface area contributed by atoms with E-state index in [1.54, 1.807) is 0 Å². The topological polar surface area (TPSA) is 77.5 Å². The van der Waals surface area contributed by atoms with Crippen molar-refractivity contribution in [3.8, 4) is 0 Å². The Morgan fingerprint density at radius 3 is 2.56 bits per heavy atom. The summed E-state index contributed by atoms with van der Waals surface area (Å²) in [6, 6.07) is 9.66. The Balaban J connectivity index is 1.84. The highest BCUT2D eigenvalue weighted by molar-refractivity contribution is 5.98. The molecule has 0 saturated heterocycles. The quantitative estimate of drug-likeness (QED) is 0.814. The molecule has 1 saturated carbocycles. The van der Waals surface area contributed by atoms with Crippen molar-refractivity contribution >= 4 is 17.6 Å². The minimum atomic E-state index is -0.601. The van der Waals surface area contributed by atoms with Gasteiger partial charge in [0.25, 0.3) is 0 Å². The number of pyridine rings is 1. The number of nitrogens with one attached hydrogen (secondary N) is 1. The zero-order chi connectivity index (χ0) is 17.8. The Bertz CT molecular complexity index is 800. The molecular formula is C19H20N2O4. The standard InChI is InChI=1S/C19H20N2O4/c1-24-18(22)15-9-16(19(23)25-2)21-11-17(15)20-10-13-5-3-4-6-14(13)12-7-8-12/h3-6,9,11-12,20H,7-8,10H2,1-2H3. The minimum absolute atomic E-state index is 0.0619. The fraction of sp³-hybridized carbons (Fsp3) is 0.316. The van der Waals surface area contributed by atoms with E-state index in [0.717, 1.165) is 0 Å². The van der Waals surface area contributed by atoms with Crippen LogP contribution in [0.1, 0.15) is 50.7 Å². The predicted molar refractivity (Wildman–Crippen MR) is 92.7 cm³/mol. The summed E-state index contributed by atoms with van der Waals surface area (Å²) in [6.07, 6.45) is 3.90. The van der Waals surface area contributed by atoms with Gasteiger partial charge in [0.2, 0.25) is 0 Å². The van der Waals surface area contributed by atoms with Crippen molar-refractivity contribution in [1.82, 2.24) is 4.98 Å². The van der Waals surface area contributed by atoms with Crippen LogP contribution in [0.25, 0.3) is 0 Å². The van der Waals surface area contributed by atoms with Crippen LogP contribution >= 0.6 is 0 Å². The number of nitrogens with zero attached hydrogens (tertiary/aromatic N) is 1. The lowest BCUT2D eigenvalue weighted by atomic mass is 10.0. The molecule has 0 amide bonds. The smallest absolute Gasteiger partial charge is 0.356 e. The van der Waals surface area contributed by atoms with Gasteiger partial charge in [0.05, 0.1) is 31.7 Å². The van der Waals surface area contributed by atoms with Crippen LogP contribution in [0.15, 0.2) is 36.5 Å². The van der Waals surface area contributed by atoms with Crippen molar-refractivity contribution in [3.63, 3.8) is 0 Å². The summed E-state index contributed by atoms with van der Waals surface area (Å²) in [6.45, 7) is 0.565. The van der Waals surface area contributed by atoms with Gasteiger partial charge in [-0.05, 0) is 36.0 Å². The van der Waals surface area contributed by atoms with E-state index in [2.05, 4.69) is 27.2 Å². The highest BCUT2D eigenvalue weighted by Gasteiger charge is 2.25. The molecule has 1 aliphatic rings. The Kier molecular flexibility index (Phi) is 4.97. The van der Waals surface area contributed by atoms with Crippen LogP contribution < -0.4 is 5.32 Å². The Hall–Kier alpha value is -2.89. The van der Waals surface area contributed by atoms with E-state index in [1.807, 2.05) is 12.1 Å². The number of hydrogen-bond donors (Lipinski definition) is 1. The van der Waals surface area contributed by atoms with E-state index in [-0.39, 0.29) is 11.3 Å². The van der Waals surface area contributed by atoms with Gasteiger partial charge in [0.1, 0.15) is 5.69 Å². The number of rotatable bonds is 6. The van der Waals surface area contributed by atoms with Gasteiger partial charge in [0.15, 0.2) is 0 Å². The summed E-state index contributed by atoms with van der Waals surface area (Å²) in [4.78, 5) is 27.8. The Labute approximate surface area is 146 Å². The maximum Gasteiger partial charge on any atom is 0.356 e. The number of methoxy groups -OCH3 is 2. The molecule has 3 rings (SSSR count). The molecule has 2 aromatic rings. The van der Waals surface area contributed by atoms with Gasteiger partial charge in [-0.25, -0.2) is 14.6 Å². The lowest BCUT2D eigenvalue weighted by molar-refractivity contribution is 0.0593. The minimum Gasteiger partial charge on any atom is -0.465 e. The van der Waals surface area contributed by atoms with Crippen LogP contribution in [0.4, 0.5) is 5.69 Å². The van der Waals surface area contributed by atoms with Crippen LogP contribution in [0.3, 0.4) is 0 Å². The second-order valence-corrected chi connectivity index (χ2v) is 5.92. The molecule has 0 bridgehead atoms. The lowest BCUT2D eigenvalue weighted by Gasteiger charge is -2.13. The lowest BCUT2D eigenvalue weighted by Crippen LogP contribution is -2.13. The van der Waals surface area contributed by atoms with Gasteiger partial charge in [-0.3, -0.25) is 0 Å². The molecule has 0 atom stereocenters. The van der Waals surface area contributed by atoms with Gasteiger partial charge in [0, 0.05) is 6.54 Å². The van der Waals surface area contributed by atoms with Crippen LogP contribution in [0.2, 0.25) is 0 Å². The van der Waals surface area contributed by atoms with E-state index in [0.29, 0.717) is 18.2 Å². The molecule has 6 heteroatoms. The highest BCUT2D eigenvalue weighted by atomic mass is 16.5. The average Bonchev–Trinajstić information content (AvgIpc) is 3.50. The summed E-state index contributed by atoms with van der Waals surface area (Å²) in [5.74, 6) is -0.501. The second-order valence-electron chi connectivity index (χ2n) is 5.92. The van der Waals surface area contributed by atoms with Crippen molar-refractivity contribution < 1.29 is 19.1 Å². The van der Waals surface area contributed by atoms with Crippen LogP contribution in [0, 0.1) is 0 Å². The first kappa shape index (κ1) is 17.0. The zero-order valence-electron chi connectivity index (χ0n) is 14.2. The Morgan fingerprint density at radius 2 is 1.88 bits per heavy atom. The van der Waals surface area contributed by atoms with Crippen molar-refractivity contribution in [2.45, 2.75) is 25.3 Å². The fourth-order valence-electron chi connectivity index (χ4n) is 2.77. The zero-order valence-corrected chi connectivity index (χ0v) is 14.2. The van der Waals surface area contributed by atoms with Crippen molar-refractivity contribution in [2.75, 3.05) is 19.5 Å². The summed E-state index contributed by atoms with van der Waals surface area (Å²) >= 11 is 0. The van der Waals surface area contributed by atoms with E-state index in [9.17, 15) is 9.59 Å². The largest absolute Gasteiger partial charge is 0.465 e. The summed E-state index contributed by atoms with van der Waals surface area (Å²) in [7, 11) is 2.57. The first-order chi connectivity index (χ1) is 12.1. The Morgan fingerprint density at radius 1 is 1.16 bits per heavy atom.